The van der Waals surface area contributed by atoms with Crippen molar-refractivity contribution in [2.75, 3.05) is 39.8 Å². The summed E-state index contributed by atoms with van der Waals surface area (Å²) in [5.41, 5.74) is 1.44. The third kappa shape index (κ3) is 4.50. The molecule has 1 aromatic heterocycles. The molecule has 2 heterocycles. The molecule has 26 heavy (non-hydrogen) atoms. The standard InChI is InChI=1S/C18H24FN3O2S2/c1-14-11-16(3-4-17(14)19)26(23,24)20-12-18(15-5-10-25-13-15)22-8-6-21(2)7-9-22/h3-5,10-11,13,18,20H,6-9,12H2,1-2H3/t18-/m1/s1. The lowest BCUT2D eigenvalue weighted by atomic mass is 10.1. The van der Waals surface area contributed by atoms with Gasteiger partial charge in [0, 0.05) is 38.8 Å². The minimum atomic E-state index is -3.69. The Hall–Kier alpha value is -1.32. The molecule has 0 bridgehead atoms. The highest BCUT2D eigenvalue weighted by Gasteiger charge is 2.26. The van der Waals surface area contributed by atoms with Crippen LogP contribution in [-0.2, 0) is 10.0 Å². The van der Waals surface area contributed by atoms with Gasteiger partial charge in [0.05, 0.1) is 4.90 Å². The number of piperazine rings is 1. The summed E-state index contributed by atoms with van der Waals surface area (Å²) in [6.07, 6.45) is 0. The first-order chi connectivity index (χ1) is 12.4. The second-order valence-corrected chi connectivity index (χ2v) is 9.22. The van der Waals surface area contributed by atoms with Crippen LogP contribution in [0.1, 0.15) is 17.2 Å². The van der Waals surface area contributed by atoms with Gasteiger partial charge >= 0.3 is 0 Å². The summed E-state index contributed by atoms with van der Waals surface area (Å²) in [7, 11) is -1.59. The van der Waals surface area contributed by atoms with Gasteiger partial charge in [0.2, 0.25) is 10.0 Å². The number of sulfonamides is 1. The van der Waals surface area contributed by atoms with Gasteiger partial charge in [-0.1, -0.05) is 0 Å². The third-order valence-corrected chi connectivity index (χ3v) is 6.94. The number of nitrogens with one attached hydrogen (secondary N) is 1. The second kappa shape index (κ2) is 8.14. The van der Waals surface area contributed by atoms with Gasteiger partial charge in [0.25, 0.3) is 0 Å². The number of nitrogens with zero attached hydrogens (tertiary/aromatic N) is 2. The molecule has 1 aromatic carbocycles. The van der Waals surface area contributed by atoms with Crippen LogP contribution < -0.4 is 4.72 Å². The Balaban J connectivity index is 1.75. The quantitative estimate of drug-likeness (QED) is 0.814. The Morgan fingerprint density at radius 2 is 1.96 bits per heavy atom. The fourth-order valence-corrected chi connectivity index (χ4v) is 4.94. The van der Waals surface area contributed by atoms with E-state index in [4.69, 9.17) is 0 Å². The van der Waals surface area contributed by atoms with Crippen LogP contribution in [0.3, 0.4) is 0 Å². The van der Waals surface area contributed by atoms with Crippen LogP contribution in [0.15, 0.2) is 39.9 Å². The number of hydrogen-bond acceptors (Lipinski definition) is 5. The van der Waals surface area contributed by atoms with E-state index < -0.39 is 15.8 Å². The molecule has 3 rings (SSSR count). The normalized spacial score (nSPS) is 18.1. The molecule has 1 atom stereocenters. The molecule has 5 nitrogen and oxygen atoms in total. The zero-order valence-corrected chi connectivity index (χ0v) is 16.6. The number of benzene rings is 1. The van der Waals surface area contributed by atoms with Gasteiger partial charge in [-0.3, -0.25) is 4.90 Å². The Labute approximate surface area is 158 Å². The molecule has 0 unspecified atom stereocenters. The Kier molecular flexibility index (Phi) is 6.09. The van der Waals surface area contributed by atoms with Crippen LogP contribution >= 0.6 is 11.3 Å². The number of rotatable bonds is 6. The first-order valence-corrected chi connectivity index (χ1v) is 11.0. The van der Waals surface area contributed by atoms with Crippen molar-refractivity contribution in [1.29, 1.82) is 0 Å². The highest BCUT2D eigenvalue weighted by atomic mass is 32.2. The molecule has 0 spiro atoms. The van der Waals surface area contributed by atoms with Gasteiger partial charge < -0.3 is 4.90 Å². The van der Waals surface area contributed by atoms with Crippen LogP contribution in [0.2, 0.25) is 0 Å². The lowest BCUT2D eigenvalue weighted by molar-refractivity contribution is 0.113. The van der Waals surface area contributed by atoms with E-state index in [2.05, 4.69) is 26.9 Å². The van der Waals surface area contributed by atoms with Crippen LogP contribution in [0.5, 0.6) is 0 Å². The molecule has 8 heteroatoms. The van der Waals surface area contributed by atoms with E-state index in [-0.39, 0.29) is 10.9 Å². The van der Waals surface area contributed by atoms with E-state index >= 15 is 0 Å². The minimum absolute atomic E-state index is 0.00808. The lowest BCUT2D eigenvalue weighted by Gasteiger charge is -2.37. The molecule has 1 fully saturated rings. The highest BCUT2D eigenvalue weighted by Crippen LogP contribution is 2.24. The minimum Gasteiger partial charge on any atom is -0.304 e. The number of hydrogen-bond donors (Lipinski definition) is 1. The molecule has 142 valence electrons. The van der Waals surface area contributed by atoms with E-state index in [1.807, 2.05) is 11.4 Å². The zero-order valence-electron chi connectivity index (χ0n) is 15.0. The average molecular weight is 398 g/mol. The predicted molar refractivity (Wildman–Crippen MR) is 102 cm³/mol. The molecular formula is C18H24FN3O2S2. The average Bonchev–Trinajstić information content (AvgIpc) is 3.13. The fraction of sp³-hybridized carbons (Fsp3) is 0.444. The molecule has 2 aromatic rings. The number of likely N-dealkylation sites (N-methyl/N-ethyl adjacent to an activating group) is 1. The maximum absolute atomic E-state index is 13.4. The number of aryl methyl sites for hydroxylation is 1. The highest BCUT2D eigenvalue weighted by molar-refractivity contribution is 7.89. The van der Waals surface area contributed by atoms with Crippen molar-refractivity contribution >= 4 is 21.4 Å². The van der Waals surface area contributed by atoms with Gasteiger partial charge in [0.1, 0.15) is 5.82 Å². The molecule has 0 amide bonds. The van der Waals surface area contributed by atoms with Crippen molar-refractivity contribution in [3.63, 3.8) is 0 Å². The molecule has 1 saturated heterocycles. The van der Waals surface area contributed by atoms with Crippen LogP contribution in [0.25, 0.3) is 0 Å². The molecule has 0 aliphatic carbocycles. The Bertz CT molecular complexity index is 832. The summed E-state index contributed by atoms with van der Waals surface area (Å²) in [5.74, 6) is -0.405. The second-order valence-electron chi connectivity index (χ2n) is 6.67. The van der Waals surface area contributed by atoms with Crippen LogP contribution in [0.4, 0.5) is 4.39 Å². The molecule has 0 saturated carbocycles. The van der Waals surface area contributed by atoms with Crippen LogP contribution in [-0.4, -0.2) is 58.0 Å². The van der Waals surface area contributed by atoms with Crippen molar-refractivity contribution in [3.05, 3.63) is 52.0 Å². The summed E-state index contributed by atoms with van der Waals surface area (Å²) >= 11 is 1.61. The fourth-order valence-electron chi connectivity index (χ4n) is 3.11. The van der Waals surface area contributed by atoms with E-state index in [0.717, 1.165) is 31.7 Å². The van der Waals surface area contributed by atoms with Crippen molar-refractivity contribution in [3.8, 4) is 0 Å². The van der Waals surface area contributed by atoms with E-state index in [0.29, 0.717) is 12.1 Å². The molecule has 1 aliphatic heterocycles. The molecule has 0 radical (unpaired) electrons. The van der Waals surface area contributed by atoms with Crippen molar-refractivity contribution in [2.45, 2.75) is 17.9 Å². The topological polar surface area (TPSA) is 52.7 Å². The largest absolute Gasteiger partial charge is 0.304 e. The molecule has 1 aliphatic rings. The van der Waals surface area contributed by atoms with E-state index in [9.17, 15) is 12.8 Å². The third-order valence-electron chi connectivity index (χ3n) is 4.81. The SMILES string of the molecule is Cc1cc(S(=O)(=O)NC[C@H](c2ccsc2)N2CCN(C)CC2)ccc1F. The predicted octanol–water partition coefficient (Wildman–Crippen LogP) is 2.46. The first-order valence-electron chi connectivity index (χ1n) is 8.57. The Morgan fingerprint density at radius 3 is 2.58 bits per heavy atom. The maximum Gasteiger partial charge on any atom is 0.240 e. The summed E-state index contributed by atoms with van der Waals surface area (Å²) in [6.45, 7) is 5.57. The van der Waals surface area contributed by atoms with Gasteiger partial charge in [-0.05, 0) is 60.1 Å². The van der Waals surface area contributed by atoms with Crippen LogP contribution in [0, 0.1) is 12.7 Å². The summed E-state index contributed by atoms with van der Waals surface area (Å²) < 4.78 is 41.4. The van der Waals surface area contributed by atoms with Crippen molar-refractivity contribution in [2.24, 2.45) is 0 Å². The molecule has 1 N–H and O–H groups in total. The van der Waals surface area contributed by atoms with Crippen molar-refractivity contribution < 1.29 is 12.8 Å². The van der Waals surface area contributed by atoms with Gasteiger partial charge in [-0.15, -0.1) is 0 Å². The van der Waals surface area contributed by atoms with Crippen molar-refractivity contribution in [1.82, 2.24) is 14.5 Å². The van der Waals surface area contributed by atoms with E-state index in [1.165, 1.54) is 18.2 Å². The van der Waals surface area contributed by atoms with E-state index in [1.54, 1.807) is 18.3 Å². The molecular weight excluding hydrogens is 373 g/mol. The van der Waals surface area contributed by atoms with Gasteiger partial charge in [0.15, 0.2) is 0 Å². The van der Waals surface area contributed by atoms with Gasteiger partial charge in [-0.25, -0.2) is 17.5 Å². The summed E-state index contributed by atoms with van der Waals surface area (Å²) in [6, 6.07) is 5.91. The summed E-state index contributed by atoms with van der Waals surface area (Å²) in [5, 5.41) is 4.08. The maximum atomic E-state index is 13.4. The number of halogens is 1. The smallest absolute Gasteiger partial charge is 0.240 e. The number of thiophene rings is 1. The van der Waals surface area contributed by atoms with Gasteiger partial charge in [-0.2, -0.15) is 11.3 Å². The monoisotopic (exact) mass is 397 g/mol. The first kappa shape index (κ1) is 19.4. The zero-order chi connectivity index (χ0) is 18.7. The summed E-state index contributed by atoms with van der Waals surface area (Å²) in [4.78, 5) is 4.69. The Morgan fingerprint density at radius 1 is 1.23 bits per heavy atom. The lowest BCUT2D eigenvalue weighted by Crippen LogP contribution is -2.48.